The lowest BCUT2D eigenvalue weighted by Gasteiger charge is -2.20. The topological polar surface area (TPSA) is 69.6 Å². The third-order valence-corrected chi connectivity index (χ3v) is 5.41. The molecule has 5 nitrogen and oxygen atoms in total. The van der Waals surface area contributed by atoms with Crippen LogP contribution in [-0.4, -0.2) is 53.9 Å². The van der Waals surface area contributed by atoms with E-state index < -0.39 is 34.4 Å². The fourth-order valence-corrected chi connectivity index (χ4v) is 3.85. The van der Waals surface area contributed by atoms with Crippen LogP contribution in [0.2, 0.25) is 0 Å². The summed E-state index contributed by atoms with van der Waals surface area (Å²) in [6.45, 7) is 10.2. The van der Waals surface area contributed by atoms with Gasteiger partial charge in [-0.2, -0.15) is 11.8 Å². The SMILES string of the molecule is CC.CN1CCSCC1.Cc1ccc(Nc2c(C(=O)O)cc(C=O)c(F)c2F)c(C)c1. The van der Waals surface area contributed by atoms with Gasteiger partial charge in [-0.05, 0) is 38.6 Å². The summed E-state index contributed by atoms with van der Waals surface area (Å²) in [4.78, 5) is 24.3. The van der Waals surface area contributed by atoms with Crippen LogP contribution in [0.5, 0.6) is 0 Å². The molecule has 0 radical (unpaired) electrons. The van der Waals surface area contributed by atoms with Crippen LogP contribution in [0, 0.1) is 25.5 Å². The molecule has 1 fully saturated rings. The van der Waals surface area contributed by atoms with Gasteiger partial charge in [0.2, 0.25) is 0 Å². The fourth-order valence-electron chi connectivity index (χ4n) is 2.77. The van der Waals surface area contributed by atoms with E-state index in [1.165, 1.54) is 24.6 Å². The van der Waals surface area contributed by atoms with Gasteiger partial charge in [-0.1, -0.05) is 31.5 Å². The molecule has 1 saturated heterocycles. The summed E-state index contributed by atoms with van der Waals surface area (Å²) in [5.41, 5.74) is 0.509. The molecule has 0 unspecified atom stereocenters. The van der Waals surface area contributed by atoms with Gasteiger partial charge in [0.1, 0.15) is 0 Å². The maximum Gasteiger partial charge on any atom is 0.337 e. The Kier molecular flexibility index (Phi) is 11.2. The van der Waals surface area contributed by atoms with E-state index in [0.29, 0.717) is 5.69 Å². The highest BCUT2D eigenvalue weighted by Gasteiger charge is 2.22. The number of carbonyl (C=O) groups excluding carboxylic acids is 1. The second-order valence-corrected chi connectivity index (χ2v) is 8.02. The molecular formula is C23H30F2N2O3S. The van der Waals surface area contributed by atoms with Crippen LogP contribution in [0.1, 0.15) is 45.7 Å². The molecule has 0 amide bonds. The maximum atomic E-state index is 14.1. The lowest BCUT2D eigenvalue weighted by Crippen LogP contribution is -2.28. The number of carboxylic acid groups (broad SMARTS) is 1. The zero-order valence-corrected chi connectivity index (χ0v) is 19.4. The van der Waals surface area contributed by atoms with Crippen LogP contribution in [0.3, 0.4) is 0 Å². The van der Waals surface area contributed by atoms with Gasteiger partial charge >= 0.3 is 5.97 Å². The number of nitrogens with zero attached hydrogens (tertiary/aromatic N) is 1. The first kappa shape index (κ1) is 26.6. The van der Waals surface area contributed by atoms with E-state index in [-0.39, 0.29) is 6.29 Å². The van der Waals surface area contributed by atoms with Gasteiger partial charge in [0.25, 0.3) is 0 Å². The molecule has 2 N–H and O–H groups in total. The number of anilines is 2. The number of aldehydes is 1. The second-order valence-electron chi connectivity index (χ2n) is 6.80. The number of aryl methyl sites for hydroxylation is 2. The van der Waals surface area contributed by atoms with E-state index in [1.807, 2.05) is 26.8 Å². The molecule has 3 rings (SSSR count). The number of thioether (sulfide) groups is 1. The number of hydrogen-bond donors (Lipinski definition) is 2. The minimum Gasteiger partial charge on any atom is -0.478 e. The Hall–Kier alpha value is -2.45. The molecule has 170 valence electrons. The summed E-state index contributed by atoms with van der Waals surface area (Å²) in [6, 6.07) is 6.02. The summed E-state index contributed by atoms with van der Waals surface area (Å²) >= 11 is 2.06. The van der Waals surface area contributed by atoms with Gasteiger partial charge in [-0.3, -0.25) is 4.79 Å². The van der Waals surface area contributed by atoms with Crippen LogP contribution < -0.4 is 5.32 Å². The van der Waals surface area contributed by atoms with Crippen molar-refractivity contribution in [2.45, 2.75) is 27.7 Å². The Morgan fingerprint density at radius 2 is 1.74 bits per heavy atom. The molecule has 0 bridgehead atoms. The smallest absolute Gasteiger partial charge is 0.337 e. The molecule has 0 spiro atoms. The standard InChI is InChI=1S/C16H13F2NO3.C5H11NS.C2H6/c1-8-3-4-12(9(2)5-8)19-15-11(16(21)22)6-10(7-20)13(17)14(15)18;1-6-2-4-7-5-3-6;1-2/h3-7,19H,1-2H3,(H,21,22);2-5H2,1H3;1-2H3. The first-order valence-electron chi connectivity index (χ1n) is 10.1. The second kappa shape index (κ2) is 13.1. The van der Waals surface area contributed by atoms with Crippen LogP contribution >= 0.6 is 11.8 Å². The van der Waals surface area contributed by atoms with Crippen LogP contribution in [-0.2, 0) is 0 Å². The van der Waals surface area contributed by atoms with E-state index in [4.69, 9.17) is 5.11 Å². The van der Waals surface area contributed by atoms with Crippen molar-refractivity contribution in [2.75, 3.05) is 37.0 Å². The molecule has 1 aliphatic heterocycles. The van der Waals surface area contributed by atoms with E-state index >= 15 is 0 Å². The average Bonchev–Trinajstić information content (AvgIpc) is 2.75. The first-order chi connectivity index (χ1) is 14.7. The minimum atomic E-state index is -1.46. The van der Waals surface area contributed by atoms with Gasteiger partial charge in [-0.25, -0.2) is 13.6 Å². The quantitative estimate of drug-likeness (QED) is 0.595. The fraction of sp³-hybridized carbons (Fsp3) is 0.391. The highest BCUT2D eigenvalue weighted by atomic mass is 32.2. The molecule has 0 saturated carbocycles. The average molecular weight is 453 g/mol. The van der Waals surface area contributed by atoms with Crippen molar-refractivity contribution in [2.24, 2.45) is 0 Å². The van der Waals surface area contributed by atoms with Gasteiger partial charge in [-0.15, -0.1) is 0 Å². The summed E-state index contributed by atoms with van der Waals surface area (Å²) in [5.74, 6) is -1.59. The predicted molar refractivity (Wildman–Crippen MR) is 124 cm³/mol. The van der Waals surface area contributed by atoms with Gasteiger partial charge in [0, 0.05) is 30.3 Å². The van der Waals surface area contributed by atoms with Crippen LogP contribution in [0.4, 0.5) is 20.2 Å². The maximum absolute atomic E-state index is 14.1. The number of carboxylic acids is 1. The number of benzene rings is 2. The zero-order chi connectivity index (χ0) is 23.6. The minimum absolute atomic E-state index is 0.0752. The van der Waals surface area contributed by atoms with E-state index in [0.717, 1.165) is 17.2 Å². The van der Waals surface area contributed by atoms with Crippen molar-refractivity contribution >= 4 is 35.4 Å². The Morgan fingerprint density at radius 1 is 1.13 bits per heavy atom. The van der Waals surface area contributed by atoms with Gasteiger partial charge < -0.3 is 15.3 Å². The van der Waals surface area contributed by atoms with E-state index in [1.54, 1.807) is 19.1 Å². The summed E-state index contributed by atoms with van der Waals surface area (Å²) < 4.78 is 27.8. The number of halogens is 2. The molecule has 8 heteroatoms. The third-order valence-electron chi connectivity index (χ3n) is 4.47. The summed E-state index contributed by atoms with van der Waals surface area (Å²) in [5, 5.41) is 11.7. The van der Waals surface area contributed by atoms with Crippen molar-refractivity contribution in [3.05, 3.63) is 58.2 Å². The lowest BCUT2D eigenvalue weighted by atomic mass is 10.1. The first-order valence-corrected chi connectivity index (χ1v) is 11.2. The summed E-state index contributed by atoms with van der Waals surface area (Å²) in [7, 11) is 2.18. The molecular weight excluding hydrogens is 422 g/mol. The third kappa shape index (κ3) is 7.63. The number of carbonyl (C=O) groups is 2. The Bertz CT molecular complexity index is 901. The molecule has 31 heavy (non-hydrogen) atoms. The molecule has 0 aromatic heterocycles. The Labute approximate surface area is 186 Å². The van der Waals surface area contributed by atoms with Gasteiger partial charge in [0.15, 0.2) is 17.9 Å². The zero-order valence-electron chi connectivity index (χ0n) is 18.6. The molecule has 1 aliphatic rings. The number of hydrogen-bond acceptors (Lipinski definition) is 5. The molecule has 0 atom stereocenters. The number of rotatable bonds is 4. The Morgan fingerprint density at radius 3 is 2.19 bits per heavy atom. The normalized spacial score (nSPS) is 13.3. The van der Waals surface area contributed by atoms with Gasteiger partial charge in [0.05, 0.1) is 16.8 Å². The summed E-state index contributed by atoms with van der Waals surface area (Å²) in [6.07, 6.45) is 0.0752. The monoisotopic (exact) mass is 452 g/mol. The Balaban J connectivity index is 0.000000447. The highest BCUT2D eigenvalue weighted by Crippen LogP contribution is 2.30. The predicted octanol–water partition coefficient (Wildman–Crippen LogP) is 5.53. The largest absolute Gasteiger partial charge is 0.478 e. The molecule has 0 aliphatic carbocycles. The molecule has 1 heterocycles. The van der Waals surface area contributed by atoms with Crippen molar-refractivity contribution in [1.82, 2.24) is 4.90 Å². The van der Waals surface area contributed by atoms with Crippen LogP contribution in [0.25, 0.3) is 0 Å². The van der Waals surface area contributed by atoms with Crippen molar-refractivity contribution < 1.29 is 23.5 Å². The molecule has 2 aromatic rings. The van der Waals surface area contributed by atoms with Crippen LogP contribution in [0.15, 0.2) is 24.3 Å². The van der Waals surface area contributed by atoms with Crippen molar-refractivity contribution in [3.63, 3.8) is 0 Å². The van der Waals surface area contributed by atoms with E-state index in [9.17, 15) is 18.4 Å². The van der Waals surface area contributed by atoms with Crippen molar-refractivity contribution in [3.8, 4) is 0 Å². The number of aromatic carboxylic acids is 1. The number of nitrogens with one attached hydrogen (secondary N) is 1. The van der Waals surface area contributed by atoms with E-state index in [2.05, 4.69) is 29.0 Å². The lowest BCUT2D eigenvalue weighted by molar-refractivity contribution is 0.0697. The molecule has 2 aromatic carbocycles. The highest BCUT2D eigenvalue weighted by molar-refractivity contribution is 7.99. The van der Waals surface area contributed by atoms with Crippen molar-refractivity contribution in [1.29, 1.82) is 0 Å².